The number of halogens is 3. The molecule has 0 radical (unpaired) electrons. The van der Waals surface area contributed by atoms with Gasteiger partial charge in [-0.1, -0.05) is 15.9 Å². The molecule has 0 aliphatic rings. The summed E-state index contributed by atoms with van der Waals surface area (Å²) in [5, 5.41) is 11.4. The molecule has 0 spiro atoms. The number of esters is 1. The van der Waals surface area contributed by atoms with E-state index in [0.29, 0.717) is 39.0 Å². The predicted octanol–water partition coefficient (Wildman–Crippen LogP) is 5.65. The van der Waals surface area contributed by atoms with Gasteiger partial charge in [0.2, 0.25) is 0 Å². The van der Waals surface area contributed by atoms with Gasteiger partial charge in [0.15, 0.2) is 0 Å². The Labute approximate surface area is 204 Å². The number of aromatic nitrogens is 1. The highest BCUT2D eigenvalue weighted by Crippen LogP contribution is 2.40. The zero-order valence-electron chi connectivity index (χ0n) is 17.7. The summed E-state index contributed by atoms with van der Waals surface area (Å²) in [6.07, 6.45) is 0. The lowest BCUT2D eigenvalue weighted by Gasteiger charge is -2.15. The second-order valence-corrected chi connectivity index (χ2v) is 8.93. The van der Waals surface area contributed by atoms with Crippen molar-refractivity contribution in [3.8, 4) is 11.5 Å². The van der Waals surface area contributed by atoms with Gasteiger partial charge in [-0.3, -0.25) is 0 Å². The van der Waals surface area contributed by atoms with E-state index in [1.165, 1.54) is 0 Å². The number of hydrogen-bond donors (Lipinski definition) is 1. The number of carbonyl (C=O) groups is 1. The van der Waals surface area contributed by atoms with Crippen molar-refractivity contribution in [3.63, 3.8) is 0 Å². The fourth-order valence-electron chi connectivity index (χ4n) is 3.42. The van der Waals surface area contributed by atoms with E-state index in [1.807, 2.05) is 60.9 Å². The van der Waals surface area contributed by atoms with Crippen LogP contribution >= 0.6 is 44.3 Å². The number of ether oxygens (including phenoxy) is 2. The zero-order chi connectivity index (χ0) is 22.0. The van der Waals surface area contributed by atoms with Gasteiger partial charge in [-0.05, 0) is 67.3 Å². The number of hydrogen-bond acceptors (Lipinski definition) is 5. The minimum atomic E-state index is -0.431. The van der Waals surface area contributed by atoms with Gasteiger partial charge < -0.3 is 24.0 Å². The van der Waals surface area contributed by atoms with Gasteiger partial charge in [-0.25, -0.2) is 4.79 Å². The average molecular weight is 577 g/mol. The van der Waals surface area contributed by atoms with E-state index in [9.17, 15) is 9.90 Å². The van der Waals surface area contributed by atoms with Gasteiger partial charge in [0, 0.05) is 29.0 Å². The molecule has 0 bridgehead atoms. The topological polar surface area (TPSA) is 63.9 Å². The van der Waals surface area contributed by atoms with Gasteiger partial charge >= 0.3 is 5.97 Å². The van der Waals surface area contributed by atoms with E-state index in [1.54, 1.807) is 6.92 Å². The maximum Gasteiger partial charge on any atom is 0.340 e. The Balaban J connectivity index is 0.00000341. The van der Waals surface area contributed by atoms with Crippen LogP contribution in [0, 0.1) is 0 Å². The van der Waals surface area contributed by atoms with E-state index in [0.717, 1.165) is 9.99 Å². The lowest BCUT2D eigenvalue weighted by molar-refractivity contribution is 0.0525. The first-order valence-electron chi connectivity index (χ1n) is 9.46. The fourth-order valence-corrected chi connectivity index (χ4v) is 4.14. The van der Waals surface area contributed by atoms with E-state index in [-0.39, 0.29) is 31.4 Å². The van der Waals surface area contributed by atoms with Crippen LogP contribution in [0.2, 0.25) is 0 Å². The van der Waals surface area contributed by atoms with E-state index >= 15 is 0 Å². The van der Waals surface area contributed by atoms with Crippen molar-refractivity contribution in [2.75, 3.05) is 20.7 Å². The third-order valence-corrected chi connectivity index (χ3v) is 5.91. The monoisotopic (exact) mass is 574 g/mol. The number of aryl methyl sites for hydroxylation is 1. The Morgan fingerprint density at radius 2 is 1.84 bits per heavy atom. The maximum absolute atomic E-state index is 13.0. The molecule has 1 aromatic heterocycles. The number of carbonyl (C=O) groups excluding carboxylic acids is 1. The Morgan fingerprint density at radius 3 is 2.42 bits per heavy atom. The van der Waals surface area contributed by atoms with Crippen LogP contribution in [0.25, 0.3) is 10.9 Å². The van der Waals surface area contributed by atoms with Gasteiger partial charge in [-0.2, -0.15) is 0 Å². The second kappa shape index (κ2) is 10.7. The van der Waals surface area contributed by atoms with Gasteiger partial charge in [-0.15, -0.1) is 12.4 Å². The molecule has 1 heterocycles. The molecular formula is C22H25Br2ClN2O4. The molecule has 9 heteroatoms. The third kappa shape index (κ3) is 5.37. The Kier molecular flexibility index (Phi) is 8.83. The Morgan fingerprint density at radius 1 is 1.19 bits per heavy atom. The molecule has 0 aliphatic heterocycles. The molecule has 0 fully saturated rings. The minimum Gasteiger partial charge on any atom is -0.506 e. The van der Waals surface area contributed by atoms with Crippen LogP contribution in [-0.2, 0) is 24.9 Å². The normalized spacial score (nSPS) is 10.9. The highest BCUT2D eigenvalue weighted by Gasteiger charge is 2.27. The first kappa shape index (κ1) is 25.5. The van der Waals surface area contributed by atoms with Crippen LogP contribution in [0.4, 0.5) is 0 Å². The molecule has 1 N–H and O–H groups in total. The van der Waals surface area contributed by atoms with E-state index < -0.39 is 5.97 Å². The number of aromatic hydroxyl groups is 1. The first-order chi connectivity index (χ1) is 14.2. The lowest BCUT2D eigenvalue weighted by atomic mass is 10.0. The van der Waals surface area contributed by atoms with Crippen molar-refractivity contribution < 1.29 is 19.4 Å². The summed E-state index contributed by atoms with van der Waals surface area (Å²) in [5.41, 5.74) is 2.59. The standard InChI is InChI=1S/C22H24Br2N2O4.ClH/c1-5-29-22(28)20-18(12-30-14-8-6-13(23)7-9-14)26(4)17-10-16(24)21(27)15(19(17)20)11-25(2)3;/h6-10,27H,5,11-12H2,1-4H3;1H. The largest absolute Gasteiger partial charge is 0.506 e. The van der Waals surface area contributed by atoms with E-state index in [2.05, 4.69) is 31.9 Å². The minimum absolute atomic E-state index is 0. The summed E-state index contributed by atoms with van der Waals surface area (Å²) in [6.45, 7) is 2.68. The SMILES string of the molecule is CCOC(=O)c1c(COc2ccc(Br)cc2)n(C)c2cc(Br)c(O)c(CN(C)C)c12.Cl. The lowest BCUT2D eigenvalue weighted by Crippen LogP contribution is -2.13. The summed E-state index contributed by atoms with van der Waals surface area (Å²) in [4.78, 5) is 14.9. The van der Waals surface area contributed by atoms with Crippen molar-refractivity contribution >= 4 is 61.1 Å². The molecule has 6 nitrogen and oxygen atoms in total. The van der Waals surface area contributed by atoms with Crippen molar-refractivity contribution in [2.45, 2.75) is 20.1 Å². The van der Waals surface area contributed by atoms with Crippen molar-refractivity contribution in [3.05, 3.63) is 56.1 Å². The summed E-state index contributed by atoms with van der Waals surface area (Å²) < 4.78 is 14.8. The van der Waals surface area contributed by atoms with Crippen LogP contribution in [0.3, 0.4) is 0 Å². The molecule has 0 aliphatic carbocycles. The van der Waals surface area contributed by atoms with E-state index in [4.69, 9.17) is 9.47 Å². The number of phenolic OH excluding ortho intramolecular Hbond substituents is 1. The number of nitrogens with zero attached hydrogens (tertiary/aromatic N) is 2. The van der Waals surface area contributed by atoms with Crippen LogP contribution in [0.5, 0.6) is 11.5 Å². The second-order valence-electron chi connectivity index (χ2n) is 7.16. The molecule has 0 saturated heterocycles. The third-order valence-electron chi connectivity index (χ3n) is 4.78. The number of phenols is 1. The van der Waals surface area contributed by atoms with Crippen molar-refractivity contribution in [1.29, 1.82) is 0 Å². The molecule has 31 heavy (non-hydrogen) atoms. The van der Waals surface area contributed by atoms with Crippen LogP contribution < -0.4 is 4.74 Å². The number of rotatable bonds is 7. The molecule has 3 rings (SSSR count). The molecule has 3 aromatic rings. The molecule has 2 aromatic carbocycles. The molecule has 0 amide bonds. The molecule has 168 valence electrons. The van der Waals surface area contributed by atoms with Gasteiger partial charge in [0.1, 0.15) is 18.1 Å². The molecular weight excluding hydrogens is 552 g/mol. The van der Waals surface area contributed by atoms with Crippen LogP contribution in [-0.4, -0.2) is 41.2 Å². The number of benzene rings is 2. The summed E-state index contributed by atoms with van der Waals surface area (Å²) in [6, 6.07) is 9.32. The molecule has 0 unspecified atom stereocenters. The predicted molar refractivity (Wildman–Crippen MR) is 131 cm³/mol. The fraction of sp³-hybridized carbons (Fsp3) is 0.318. The van der Waals surface area contributed by atoms with Gasteiger partial charge in [0.05, 0.1) is 27.9 Å². The smallest absolute Gasteiger partial charge is 0.340 e. The summed E-state index contributed by atoms with van der Waals surface area (Å²) >= 11 is 6.85. The van der Waals surface area contributed by atoms with Crippen molar-refractivity contribution in [1.82, 2.24) is 9.47 Å². The van der Waals surface area contributed by atoms with Crippen LogP contribution in [0.1, 0.15) is 28.5 Å². The highest BCUT2D eigenvalue weighted by molar-refractivity contribution is 9.10. The zero-order valence-corrected chi connectivity index (χ0v) is 21.7. The maximum atomic E-state index is 13.0. The quantitative estimate of drug-likeness (QED) is 0.369. The summed E-state index contributed by atoms with van der Waals surface area (Å²) in [5.74, 6) is 0.378. The average Bonchev–Trinajstić information content (AvgIpc) is 2.96. The van der Waals surface area contributed by atoms with Crippen LogP contribution in [0.15, 0.2) is 39.3 Å². The Hall–Kier alpha value is -1.74. The summed E-state index contributed by atoms with van der Waals surface area (Å²) in [7, 11) is 5.71. The molecule has 0 saturated carbocycles. The number of fused-ring (bicyclic) bond motifs is 1. The highest BCUT2D eigenvalue weighted by atomic mass is 79.9. The van der Waals surface area contributed by atoms with Crippen molar-refractivity contribution in [2.24, 2.45) is 7.05 Å². The molecule has 0 atom stereocenters. The van der Waals surface area contributed by atoms with Gasteiger partial charge in [0.25, 0.3) is 0 Å². The Bertz CT molecular complexity index is 1080. The first-order valence-corrected chi connectivity index (χ1v) is 11.0.